The summed E-state index contributed by atoms with van der Waals surface area (Å²) < 4.78 is 1.82. The summed E-state index contributed by atoms with van der Waals surface area (Å²) in [6, 6.07) is 9.15. The SMILES string of the molecule is CCCCC(=O)c1nc(CCCC)n(Cc2ccc(-c3cnccc3C(=O)O)cc2)n1. The highest BCUT2D eigenvalue weighted by atomic mass is 16.4. The highest BCUT2D eigenvalue weighted by Crippen LogP contribution is 2.23. The Bertz CT molecular complexity index is 1040. The van der Waals surface area contributed by atoms with Crippen LogP contribution < -0.4 is 0 Å². The number of rotatable bonds is 11. The molecule has 3 rings (SSSR count). The molecule has 0 spiro atoms. The van der Waals surface area contributed by atoms with Crippen molar-refractivity contribution in [3.8, 4) is 11.1 Å². The number of carboxylic acids is 1. The molecule has 0 atom stereocenters. The molecule has 2 aromatic heterocycles. The van der Waals surface area contributed by atoms with Crippen molar-refractivity contribution in [3.05, 3.63) is 65.5 Å². The minimum Gasteiger partial charge on any atom is -0.478 e. The summed E-state index contributed by atoms with van der Waals surface area (Å²) in [5.74, 6) is 0.139. The second-order valence-corrected chi connectivity index (χ2v) is 7.56. The number of aromatic nitrogens is 4. The lowest BCUT2D eigenvalue weighted by atomic mass is 10.0. The van der Waals surface area contributed by atoms with Crippen molar-refractivity contribution in [2.75, 3.05) is 0 Å². The van der Waals surface area contributed by atoms with E-state index in [0.29, 0.717) is 24.4 Å². The second kappa shape index (κ2) is 10.6. The standard InChI is InChI=1S/C24H28N4O3/c1-3-5-7-21(29)23-26-22(8-6-4-2)28(27-23)16-17-9-11-18(12-10-17)20-15-25-14-13-19(20)24(30)31/h9-15H,3-8,16H2,1-2H3,(H,30,31). The molecule has 7 heteroatoms. The molecule has 0 saturated heterocycles. The van der Waals surface area contributed by atoms with Crippen molar-refractivity contribution in [3.63, 3.8) is 0 Å². The van der Waals surface area contributed by atoms with E-state index in [2.05, 4.69) is 28.9 Å². The molecular weight excluding hydrogens is 392 g/mol. The predicted octanol–water partition coefficient (Wildman–Crippen LogP) is 4.80. The first-order valence-electron chi connectivity index (χ1n) is 10.8. The Labute approximate surface area is 182 Å². The molecule has 162 valence electrons. The quantitative estimate of drug-likeness (QED) is 0.447. The molecule has 3 aromatic rings. The molecule has 1 N–H and O–H groups in total. The Morgan fingerprint density at radius 1 is 1.03 bits per heavy atom. The topological polar surface area (TPSA) is 98.0 Å². The van der Waals surface area contributed by atoms with Gasteiger partial charge in [0.25, 0.3) is 0 Å². The summed E-state index contributed by atoms with van der Waals surface area (Å²) in [6.45, 7) is 4.68. The summed E-state index contributed by atoms with van der Waals surface area (Å²) in [4.78, 5) is 32.4. The number of unbranched alkanes of at least 4 members (excludes halogenated alkanes) is 2. The number of pyridine rings is 1. The zero-order valence-corrected chi connectivity index (χ0v) is 18.0. The van der Waals surface area contributed by atoms with Crippen molar-refractivity contribution in [1.29, 1.82) is 0 Å². The molecular formula is C24H28N4O3. The zero-order valence-electron chi connectivity index (χ0n) is 18.0. The molecule has 1 aromatic carbocycles. The van der Waals surface area contributed by atoms with Crippen molar-refractivity contribution >= 4 is 11.8 Å². The van der Waals surface area contributed by atoms with E-state index in [1.165, 1.54) is 12.3 Å². The first-order valence-corrected chi connectivity index (χ1v) is 10.8. The largest absolute Gasteiger partial charge is 0.478 e. The van der Waals surface area contributed by atoms with Crippen LogP contribution in [0.15, 0.2) is 42.7 Å². The van der Waals surface area contributed by atoms with Crippen LogP contribution in [0.3, 0.4) is 0 Å². The van der Waals surface area contributed by atoms with E-state index in [1.807, 2.05) is 28.9 Å². The Morgan fingerprint density at radius 2 is 1.77 bits per heavy atom. The highest BCUT2D eigenvalue weighted by molar-refractivity contribution is 5.95. The molecule has 31 heavy (non-hydrogen) atoms. The Hall–Kier alpha value is -3.35. The van der Waals surface area contributed by atoms with Crippen LogP contribution in [0.25, 0.3) is 11.1 Å². The van der Waals surface area contributed by atoms with E-state index in [4.69, 9.17) is 0 Å². The molecule has 0 bridgehead atoms. The van der Waals surface area contributed by atoms with Gasteiger partial charge in [0.15, 0.2) is 0 Å². The monoisotopic (exact) mass is 420 g/mol. The zero-order chi connectivity index (χ0) is 22.2. The minimum absolute atomic E-state index is 0.00789. The first-order chi connectivity index (χ1) is 15.0. The van der Waals surface area contributed by atoms with E-state index in [1.54, 1.807) is 6.20 Å². The minimum atomic E-state index is -0.982. The van der Waals surface area contributed by atoms with E-state index >= 15 is 0 Å². The summed E-state index contributed by atoms with van der Waals surface area (Å²) >= 11 is 0. The summed E-state index contributed by atoms with van der Waals surface area (Å²) in [6.07, 6.45) is 8.11. The third-order valence-electron chi connectivity index (χ3n) is 5.16. The number of benzene rings is 1. The van der Waals surface area contributed by atoms with Crippen LogP contribution >= 0.6 is 0 Å². The van der Waals surface area contributed by atoms with E-state index in [-0.39, 0.29) is 11.3 Å². The van der Waals surface area contributed by atoms with Crippen LogP contribution in [0.5, 0.6) is 0 Å². The number of aromatic carboxylic acids is 1. The van der Waals surface area contributed by atoms with E-state index in [0.717, 1.165) is 49.1 Å². The maximum Gasteiger partial charge on any atom is 0.336 e. The predicted molar refractivity (Wildman–Crippen MR) is 118 cm³/mol. The van der Waals surface area contributed by atoms with Gasteiger partial charge in [-0.05, 0) is 30.0 Å². The molecule has 0 aliphatic rings. The summed E-state index contributed by atoms with van der Waals surface area (Å²) in [5.41, 5.74) is 2.58. The third-order valence-corrected chi connectivity index (χ3v) is 5.16. The normalized spacial score (nSPS) is 10.9. The number of carbonyl (C=O) groups excluding carboxylic acids is 1. The maximum atomic E-state index is 12.4. The maximum absolute atomic E-state index is 12.4. The number of nitrogens with zero attached hydrogens (tertiary/aromatic N) is 4. The summed E-state index contributed by atoms with van der Waals surface area (Å²) in [5, 5.41) is 13.9. The van der Waals surface area contributed by atoms with Gasteiger partial charge in [-0.3, -0.25) is 9.78 Å². The molecule has 0 aliphatic carbocycles. The van der Waals surface area contributed by atoms with Gasteiger partial charge in [-0.1, -0.05) is 51.0 Å². The highest BCUT2D eigenvalue weighted by Gasteiger charge is 2.16. The molecule has 0 amide bonds. The molecule has 2 heterocycles. The average molecular weight is 421 g/mol. The van der Waals surface area contributed by atoms with Gasteiger partial charge < -0.3 is 5.11 Å². The first kappa shape index (κ1) is 22.3. The number of aryl methyl sites for hydroxylation is 1. The Balaban J connectivity index is 1.82. The van der Waals surface area contributed by atoms with Gasteiger partial charge in [0.1, 0.15) is 5.82 Å². The molecule has 0 radical (unpaired) electrons. The second-order valence-electron chi connectivity index (χ2n) is 7.56. The smallest absolute Gasteiger partial charge is 0.336 e. The molecule has 0 aliphatic heterocycles. The fourth-order valence-electron chi connectivity index (χ4n) is 3.36. The van der Waals surface area contributed by atoms with Gasteiger partial charge in [-0.15, -0.1) is 5.10 Å². The summed E-state index contributed by atoms with van der Waals surface area (Å²) in [7, 11) is 0. The Kier molecular flexibility index (Phi) is 7.65. The fraction of sp³-hybridized carbons (Fsp3) is 0.375. The van der Waals surface area contributed by atoms with Crippen LogP contribution in [-0.4, -0.2) is 36.6 Å². The number of hydrogen-bond acceptors (Lipinski definition) is 5. The fourth-order valence-corrected chi connectivity index (χ4v) is 3.36. The van der Waals surface area contributed by atoms with Crippen molar-refractivity contribution in [1.82, 2.24) is 19.7 Å². The number of Topliss-reactive ketones (excluding diaryl/α,β-unsaturated/α-hetero) is 1. The molecule has 7 nitrogen and oxygen atoms in total. The Morgan fingerprint density at radius 3 is 2.45 bits per heavy atom. The van der Waals surface area contributed by atoms with Crippen molar-refractivity contribution in [2.45, 2.75) is 58.9 Å². The molecule has 0 unspecified atom stereocenters. The van der Waals surface area contributed by atoms with Gasteiger partial charge >= 0.3 is 5.97 Å². The van der Waals surface area contributed by atoms with Crippen LogP contribution in [0.4, 0.5) is 0 Å². The van der Waals surface area contributed by atoms with E-state index in [9.17, 15) is 14.7 Å². The average Bonchev–Trinajstić information content (AvgIpc) is 3.19. The number of hydrogen-bond donors (Lipinski definition) is 1. The van der Waals surface area contributed by atoms with Crippen molar-refractivity contribution < 1.29 is 14.7 Å². The van der Waals surface area contributed by atoms with Gasteiger partial charge in [0.2, 0.25) is 11.6 Å². The lowest BCUT2D eigenvalue weighted by Crippen LogP contribution is -2.08. The van der Waals surface area contributed by atoms with Gasteiger partial charge in [0.05, 0.1) is 12.1 Å². The van der Waals surface area contributed by atoms with Crippen LogP contribution in [-0.2, 0) is 13.0 Å². The van der Waals surface area contributed by atoms with E-state index < -0.39 is 5.97 Å². The molecule has 0 saturated carbocycles. The number of carboxylic acid groups (broad SMARTS) is 1. The third kappa shape index (κ3) is 5.63. The number of carbonyl (C=O) groups is 2. The van der Waals surface area contributed by atoms with Crippen molar-refractivity contribution in [2.24, 2.45) is 0 Å². The van der Waals surface area contributed by atoms with Gasteiger partial charge in [0, 0.05) is 30.8 Å². The van der Waals surface area contributed by atoms with Crippen LogP contribution in [0.2, 0.25) is 0 Å². The van der Waals surface area contributed by atoms with Gasteiger partial charge in [-0.2, -0.15) is 0 Å². The van der Waals surface area contributed by atoms with Gasteiger partial charge in [-0.25, -0.2) is 14.5 Å². The number of ketones is 1. The van der Waals surface area contributed by atoms with Crippen LogP contribution in [0.1, 0.15) is 78.3 Å². The lowest BCUT2D eigenvalue weighted by Gasteiger charge is -2.08. The van der Waals surface area contributed by atoms with Crippen LogP contribution in [0, 0.1) is 0 Å². The lowest BCUT2D eigenvalue weighted by molar-refractivity contribution is 0.0697. The molecule has 0 fully saturated rings.